The maximum atomic E-state index is 12.5. The van der Waals surface area contributed by atoms with Gasteiger partial charge in [0, 0.05) is 23.9 Å². The van der Waals surface area contributed by atoms with Crippen LogP contribution in [0.1, 0.15) is 0 Å². The van der Waals surface area contributed by atoms with Gasteiger partial charge >= 0.3 is 0 Å². The van der Waals surface area contributed by atoms with Gasteiger partial charge in [-0.25, -0.2) is 8.42 Å². The molecule has 0 spiro atoms. The van der Waals surface area contributed by atoms with Crippen molar-refractivity contribution >= 4 is 21.2 Å². The number of rotatable bonds is 5. The fourth-order valence-corrected chi connectivity index (χ4v) is 3.76. The van der Waals surface area contributed by atoms with Gasteiger partial charge in [-0.2, -0.15) is 0 Å². The molecule has 0 bridgehead atoms. The molecular formula is C19H18N2O2S. The summed E-state index contributed by atoms with van der Waals surface area (Å²) in [6.07, 6.45) is 7.54. The minimum absolute atomic E-state index is 0.0303. The van der Waals surface area contributed by atoms with E-state index in [-0.39, 0.29) is 10.8 Å². The quantitative estimate of drug-likeness (QED) is 0.873. The van der Waals surface area contributed by atoms with Crippen molar-refractivity contribution in [2.24, 2.45) is 5.92 Å². The van der Waals surface area contributed by atoms with Gasteiger partial charge in [-0.1, -0.05) is 36.4 Å². The van der Waals surface area contributed by atoms with E-state index >= 15 is 0 Å². The number of hydrogen-bond acceptors (Lipinski definition) is 4. The van der Waals surface area contributed by atoms with Crippen molar-refractivity contribution in [2.45, 2.75) is 9.79 Å². The molecule has 2 aromatic rings. The van der Waals surface area contributed by atoms with Crippen molar-refractivity contribution in [3.05, 3.63) is 78.9 Å². The fraction of sp³-hybridized carbons (Fsp3) is 0.105. The third-order valence-electron chi connectivity index (χ3n) is 3.87. The van der Waals surface area contributed by atoms with Crippen LogP contribution in [0.4, 0.5) is 5.69 Å². The molecule has 1 atom stereocenters. The first-order valence-electron chi connectivity index (χ1n) is 7.65. The third-order valence-corrected chi connectivity index (χ3v) is 5.66. The standard InChI is InChI=1S/C19H18N2O2S/c20-19-9-5-4-6-15(19)14-21-16-10-12-18(13-11-16)24(22,23)17-7-2-1-3-8-17/h1-13,15,20-21H,14H2. The number of sulfone groups is 1. The van der Waals surface area contributed by atoms with Crippen LogP contribution >= 0.6 is 0 Å². The van der Waals surface area contributed by atoms with Crippen molar-refractivity contribution < 1.29 is 8.42 Å². The number of hydrogen-bond donors (Lipinski definition) is 2. The van der Waals surface area contributed by atoms with Crippen molar-refractivity contribution in [3.8, 4) is 0 Å². The first kappa shape index (κ1) is 16.2. The van der Waals surface area contributed by atoms with Crippen LogP contribution in [0, 0.1) is 11.3 Å². The minimum atomic E-state index is -3.48. The van der Waals surface area contributed by atoms with E-state index in [2.05, 4.69) is 5.32 Å². The van der Waals surface area contributed by atoms with Gasteiger partial charge in [0.25, 0.3) is 0 Å². The van der Waals surface area contributed by atoms with Crippen LogP contribution < -0.4 is 5.32 Å². The van der Waals surface area contributed by atoms with E-state index in [0.717, 1.165) is 5.69 Å². The molecule has 1 aliphatic carbocycles. The zero-order valence-electron chi connectivity index (χ0n) is 13.0. The number of allylic oxidation sites excluding steroid dienone is 3. The lowest BCUT2D eigenvalue weighted by Crippen LogP contribution is -2.20. The molecule has 0 radical (unpaired) electrons. The zero-order valence-corrected chi connectivity index (χ0v) is 13.8. The monoisotopic (exact) mass is 338 g/mol. The van der Waals surface area contributed by atoms with Gasteiger partial charge in [-0.05, 0) is 42.5 Å². The Kier molecular flexibility index (Phi) is 4.62. The molecule has 4 nitrogen and oxygen atoms in total. The van der Waals surface area contributed by atoms with E-state index in [1.807, 2.05) is 18.2 Å². The zero-order chi connectivity index (χ0) is 17.0. The molecule has 1 unspecified atom stereocenters. The summed E-state index contributed by atoms with van der Waals surface area (Å²) in [5, 5.41) is 11.1. The van der Waals surface area contributed by atoms with Crippen LogP contribution in [0.2, 0.25) is 0 Å². The summed E-state index contributed by atoms with van der Waals surface area (Å²) >= 11 is 0. The van der Waals surface area contributed by atoms with Crippen LogP contribution in [0.3, 0.4) is 0 Å². The highest BCUT2D eigenvalue weighted by molar-refractivity contribution is 7.91. The smallest absolute Gasteiger partial charge is 0.206 e. The Morgan fingerprint density at radius 3 is 2.25 bits per heavy atom. The van der Waals surface area contributed by atoms with Crippen LogP contribution in [0.25, 0.3) is 0 Å². The lowest BCUT2D eigenvalue weighted by molar-refractivity contribution is 0.596. The number of anilines is 1. The van der Waals surface area contributed by atoms with E-state index in [4.69, 9.17) is 5.41 Å². The van der Waals surface area contributed by atoms with Crippen LogP contribution in [-0.2, 0) is 9.84 Å². The SMILES string of the molecule is N=C1C=CC=CC1CNc1ccc(S(=O)(=O)c2ccccc2)cc1. The second-order valence-corrected chi connectivity index (χ2v) is 7.48. The van der Waals surface area contributed by atoms with Crippen molar-refractivity contribution in [1.29, 1.82) is 5.41 Å². The van der Waals surface area contributed by atoms with Gasteiger partial charge in [0.2, 0.25) is 9.84 Å². The molecule has 2 aromatic carbocycles. The summed E-state index contributed by atoms with van der Waals surface area (Å²) in [7, 11) is -3.48. The highest BCUT2D eigenvalue weighted by atomic mass is 32.2. The predicted octanol–water partition coefficient (Wildman–Crippen LogP) is 3.69. The normalized spacial score (nSPS) is 17.0. The number of benzene rings is 2. The maximum absolute atomic E-state index is 12.5. The summed E-state index contributed by atoms with van der Waals surface area (Å²) < 4.78 is 25.1. The fourth-order valence-electron chi connectivity index (χ4n) is 2.48. The Morgan fingerprint density at radius 2 is 1.58 bits per heavy atom. The molecule has 0 aliphatic heterocycles. The van der Waals surface area contributed by atoms with Crippen LogP contribution in [0.15, 0.2) is 88.7 Å². The lowest BCUT2D eigenvalue weighted by atomic mass is 9.98. The van der Waals surface area contributed by atoms with Crippen molar-refractivity contribution in [1.82, 2.24) is 0 Å². The maximum Gasteiger partial charge on any atom is 0.206 e. The highest BCUT2D eigenvalue weighted by Crippen LogP contribution is 2.22. The third kappa shape index (κ3) is 3.46. The van der Waals surface area contributed by atoms with E-state index in [1.54, 1.807) is 60.7 Å². The summed E-state index contributed by atoms with van der Waals surface area (Å²) in [4.78, 5) is 0.561. The van der Waals surface area contributed by atoms with Gasteiger partial charge in [-0.15, -0.1) is 0 Å². The van der Waals surface area contributed by atoms with E-state index in [0.29, 0.717) is 17.2 Å². The Labute approximate surface area is 142 Å². The molecule has 24 heavy (non-hydrogen) atoms. The Balaban J connectivity index is 1.71. The summed E-state index contributed by atoms with van der Waals surface area (Å²) in [5.74, 6) is 0.0303. The molecule has 0 fully saturated rings. The molecule has 0 heterocycles. The molecule has 3 rings (SSSR count). The van der Waals surface area contributed by atoms with Gasteiger partial charge in [-0.3, -0.25) is 0 Å². The molecule has 0 saturated heterocycles. The molecule has 0 saturated carbocycles. The molecule has 0 aromatic heterocycles. The van der Waals surface area contributed by atoms with E-state index in [9.17, 15) is 8.42 Å². The molecule has 1 aliphatic rings. The minimum Gasteiger partial charge on any atom is -0.384 e. The first-order valence-corrected chi connectivity index (χ1v) is 9.13. The van der Waals surface area contributed by atoms with Gasteiger partial charge in [0.1, 0.15) is 0 Å². The number of nitrogens with one attached hydrogen (secondary N) is 2. The topological polar surface area (TPSA) is 70.0 Å². The molecule has 5 heteroatoms. The summed E-state index contributed by atoms with van der Waals surface area (Å²) in [6, 6.07) is 15.1. The Bertz CT molecular complexity index is 883. The Morgan fingerprint density at radius 1 is 0.917 bits per heavy atom. The molecule has 0 amide bonds. The first-order chi connectivity index (χ1) is 11.6. The van der Waals surface area contributed by atoms with Gasteiger partial charge < -0.3 is 10.7 Å². The van der Waals surface area contributed by atoms with Crippen molar-refractivity contribution in [3.63, 3.8) is 0 Å². The van der Waals surface area contributed by atoms with Gasteiger partial charge in [0.15, 0.2) is 0 Å². The molecule has 122 valence electrons. The van der Waals surface area contributed by atoms with E-state index in [1.165, 1.54) is 0 Å². The largest absolute Gasteiger partial charge is 0.384 e. The lowest BCUT2D eigenvalue weighted by Gasteiger charge is -2.16. The summed E-state index contributed by atoms with van der Waals surface area (Å²) in [5.41, 5.74) is 1.39. The average Bonchev–Trinajstić information content (AvgIpc) is 2.62. The average molecular weight is 338 g/mol. The van der Waals surface area contributed by atoms with E-state index < -0.39 is 9.84 Å². The molecular weight excluding hydrogens is 320 g/mol. The van der Waals surface area contributed by atoms with Crippen molar-refractivity contribution in [2.75, 3.05) is 11.9 Å². The summed E-state index contributed by atoms with van der Waals surface area (Å²) in [6.45, 7) is 0.602. The van der Waals surface area contributed by atoms with Crippen LogP contribution in [-0.4, -0.2) is 20.7 Å². The van der Waals surface area contributed by atoms with Gasteiger partial charge in [0.05, 0.1) is 9.79 Å². The predicted molar refractivity (Wildman–Crippen MR) is 96.3 cm³/mol. The second-order valence-electron chi connectivity index (χ2n) is 5.53. The highest BCUT2D eigenvalue weighted by Gasteiger charge is 2.17. The molecule has 2 N–H and O–H groups in total. The second kappa shape index (κ2) is 6.84. The Hall–Kier alpha value is -2.66. The van der Waals surface area contributed by atoms with Crippen LogP contribution in [0.5, 0.6) is 0 Å².